The maximum Gasteiger partial charge on any atom is 0.122 e. The van der Waals surface area contributed by atoms with Crippen molar-refractivity contribution in [1.82, 2.24) is 5.32 Å². The van der Waals surface area contributed by atoms with Crippen molar-refractivity contribution in [3.05, 3.63) is 42.5 Å². The lowest BCUT2D eigenvalue weighted by atomic mass is 9.97. The van der Waals surface area contributed by atoms with Crippen molar-refractivity contribution in [3.63, 3.8) is 0 Å². The monoisotopic (exact) mass is 281 g/mol. The first-order valence-corrected chi connectivity index (χ1v) is 6.92. The SMILES string of the molecule is C=CCc1ccccc1OCCC1CCCNC1.Cl. The van der Waals surface area contributed by atoms with Gasteiger partial charge >= 0.3 is 0 Å². The molecule has 1 aliphatic heterocycles. The molecule has 1 fully saturated rings. The van der Waals surface area contributed by atoms with Gasteiger partial charge in [-0.3, -0.25) is 0 Å². The van der Waals surface area contributed by atoms with Crippen molar-refractivity contribution >= 4 is 12.4 Å². The standard InChI is InChI=1S/C16H23NO.ClH/c1-2-6-15-8-3-4-9-16(15)18-12-10-14-7-5-11-17-13-14;/h2-4,8-9,14,17H,1,5-7,10-13H2;1H. The van der Waals surface area contributed by atoms with Crippen molar-refractivity contribution in [3.8, 4) is 5.75 Å². The Hall–Kier alpha value is -0.990. The number of allylic oxidation sites excluding steroid dienone is 1. The number of nitrogens with one attached hydrogen (secondary N) is 1. The number of hydrogen-bond acceptors (Lipinski definition) is 2. The second kappa shape index (κ2) is 9.00. The third-order valence-electron chi connectivity index (χ3n) is 3.52. The third-order valence-corrected chi connectivity index (χ3v) is 3.52. The van der Waals surface area contributed by atoms with Crippen molar-refractivity contribution in [2.45, 2.75) is 25.7 Å². The fourth-order valence-electron chi connectivity index (χ4n) is 2.47. The molecule has 1 heterocycles. The largest absolute Gasteiger partial charge is 0.493 e. The Morgan fingerprint density at radius 2 is 2.21 bits per heavy atom. The summed E-state index contributed by atoms with van der Waals surface area (Å²) in [6.45, 7) is 6.94. The molecule has 2 rings (SSSR count). The van der Waals surface area contributed by atoms with Gasteiger partial charge in [-0.05, 0) is 56.3 Å². The lowest BCUT2D eigenvalue weighted by Gasteiger charge is -2.22. The van der Waals surface area contributed by atoms with Crippen LogP contribution in [0.2, 0.25) is 0 Å². The van der Waals surface area contributed by atoms with Crippen LogP contribution in [0.1, 0.15) is 24.8 Å². The Kier molecular flexibility index (Phi) is 7.61. The summed E-state index contributed by atoms with van der Waals surface area (Å²) in [6, 6.07) is 8.25. The number of halogens is 1. The molecule has 19 heavy (non-hydrogen) atoms. The highest BCUT2D eigenvalue weighted by molar-refractivity contribution is 5.85. The maximum atomic E-state index is 5.92. The smallest absolute Gasteiger partial charge is 0.122 e. The van der Waals surface area contributed by atoms with Gasteiger partial charge in [-0.25, -0.2) is 0 Å². The molecule has 1 aromatic carbocycles. The molecule has 0 saturated carbocycles. The molecule has 0 aromatic heterocycles. The molecule has 3 heteroatoms. The molecule has 1 atom stereocenters. The minimum atomic E-state index is 0. The van der Waals surface area contributed by atoms with Crippen molar-refractivity contribution in [2.75, 3.05) is 19.7 Å². The topological polar surface area (TPSA) is 21.3 Å². The summed E-state index contributed by atoms with van der Waals surface area (Å²) in [5.41, 5.74) is 1.23. The van der Waals surface area contributed by atoms with E-state index in [2.05, 4.69) is 30.1 Å². The van der Waals surface area contributed by atoms with Crippen LogP contribution in [-0.4, -0.2) is 19.7 Å². The normalized spacial score (nSPS) is 18.4. The Balaban J connectivity index is 0.00000180. The second-order valence-electron chi connectivity index (χ2n) is 4.95. The van der Waals surface area contributed by atoms with Gasteiger partial charge in [0.15, 0.2) is 0 Å². The number of benzene rings is 1. The van der Waals surface area contributed by atoms with Crippen LogP contribution >= 0.6 is 12.4 Å². The van der Waals surface area contributed by atoms with Gasteiger partial charge in [0.05, 0.1) is 6.61 Å². The van der Waals surface area contributed by atoms with Crippen LogP contribution in [0.4, 0.5) is 0 Å². The summed E-state index contributed by atoms with van der Waals surface area (Å²) in [6.07, 6.45) is 6.59. The number of hydrogen-bond donors (Lipinski definition) is 1. The lowest BCUT2D eigenvalue weighted by molar-refractivity contribution is 0.252. The third kappa shape index (κ3) is 5.25. The molecule has 0 spiro atoms. The summed E-state index contributed by atoms with van der Waals surface area (Å²) in [4.78, 5) is 0. The summed E-state index contributed by atoms with van der Waals surface area (Å²) < 4.78 is 5.92. The molecule has 1 N–H and O–H groups in total. The molecule has 1 aliphatic rings. The van der Waals surface area contributed by atoms with Crippen molar-refractivity contribution < 1.29 is 4.74 Å². The number of ether oxygens (including phenoxy) is 1. The van der Waals surface area contributed by atoms with E-state index in [1.54, 1.807) is 0 Å². The highest BCUT2D eigenvalue weighted by atomic mass is 35.5. The Morgan fingerprint density at radius 1 is 1.37 bits per heavy atom. The van der Waals surface area contributed by atoms with E-state index in [9.17, 15) is 0 Å². The molecule has 1 saturated heterocycles. The summed E-state index contributed by atoms with van der Waals surface area (Å²) >= 11 is 0. The molecule has 2 nitrogen and oxygen atoms in total. The van der Waals surface area contributed by atoms with Crippen LogP contribution in [0.15, 0.2) is 36.9 Å². The summed E-state index contributed by atoms with van der Waals surface area (Å²) in [7, 11) is 0. The van der Waals surface area contributed by atoms with Crippen LogP contribution in [0.5, 0.6) is 5.75 Å². The first-order valence-electron chi connectivity index (χ1n) is 6.92. The fourth-order valence-corrected chi connectivity index (χ4v) is 2.47. The van der Waals surface area contributed by atoms with Crippen LogP contribution in [0, 0.1) is 5.92 Å². The molecule has 1 aromatic rings. The molecule has 0 aliphatic carbocycles. The van der Waals surface area contributed by atoms with Crippen molar-refractivity contribution in [2.24, 2.45) is 5.92 Å². The van der Waals surface area contributed by atoms with Crippen LogP contribution in [0.25, 0.3) is 0 Å². The highest BCUT2D eigenvalue weighted by Crippen LogP contribution is 2.20. The van der Waals surface area contributed by atoms with E-state index in [1.807, 2.05) is 12.1 Å². The predicted octanol–water partition coefficient (Wildman–Crippen LogP) is 3.61. The van der Waals surface area contributed by atoms with E-state index in [1.165, 1.54) is 24.9 Å². The second-order valence-corrected chi connectivity index (χ2v) is 4.95. The van der Waals surface area contributed by atoms with E-state index in [0.29, 0.717) is 0 Å². The van der Waals surface area contributed by atoms with Crippen LogP contribution < -0.4 is 10.1 Å². The van der Waals surface area contributed by atoms with Gasteiger partial charge in [0.2, 0.25) is 0 Å². The Bertz CT molecular complexity index is 375. The molecule has 0 amide bonds. The van der Waals surface area contributed by atoms with Gasteiger partial charge < -0.3 is 10.1 Å². The average molecular weight is 282 g/mol. The van der Waals surface area contributed by atoms with E-state index in [-0.39, 0.29) is 12.4 Å². The molecule has 0 radical (unpaired) electrons. The number of para-hydroxylation sites is 1. The van der Waals surface area contributed by atoms with Crippen LogP contribution in [0.3, 0.4) is 0 Å². The zero-order valence-corrected chi connectivity index (χ0v) is 12.3. The summed E-state index contributed by atoms with van der Waals surface area (Å²) in [5.74, 6) is 1.80. The van der Waals surface area contributed by atoms with Gasteiger partial charge in [-0.15, -0.1) is 19.0 Å². The van der Waals surface area contributed by atoms with E-state index >= 15 is 0 Å². The molecule has 1 unspecified atom stereocenters. The quantitative estimate of drug-likeness (QED) is 0.805. The zero-order valence-electron chi connectivity index (χ0n) is 11.4. The minimum absolute atomic E-state index is 0. The van der Waals surface area contributed by atoms with Gasteiger partial charge in [-0.1, -0.05) is 24.3 Å². The molecule has 106 valence electrons. The first kappa shape index (κ1) is 16.1. The van der Waals surface area contributed by atoms with Gasteiger partial charge in [0.1, 0.15) is 5.75 Å². The maximum absolute atomic E-state index is 5.92. The van der Waals surface area contributed by atoms with E-state index in [4.69, 9.17) is 4.74 Å². The van der Waals surface area contributed by atoms with Gasteiger partial charge in [0, 0.05) is 0 Å². The predicted molar refractivity (Wildman–Crippen MR) is 83.3 cm³/mol. The lowest BCUT2D eigenvalue weighted by Crippen LogP contribution is -2.30. The van der Waals surface area contributed by atoms with E-state index in [0.717, 1.165) is 37.7 Å². The number of rotatable bonds is 6. The van der Waals surface area contributed by atoms with Crippen molar-refractivity contribution in [1.29, 1.82) is 0 Å². The summed E-state index contributed by atoms with van der Waals surface area (Å²) in [5, 5.41) is 3.45. The highest BCUT2D eigenvalue weighted by Gasteiger charge is 2.12. The van der Waals surface area contributed by atoms with Crippen LogP contribution in [-0.2, 0) is 6.42 Å². The first-order chi connectivity index (χ1) is 8.90. The Morgan fingerprint density at radius 3 is 2.95 bits per heavy atom. The van der Waals surface area contributed by atoms with Gasteiger partial charge in [0.25, 0.3) is 0 Å². The van der Waals surface area contributed by atoms with Gasteiger partial charge in [-0.2, -0.15) is 0 Å². The molecule has 0 bridgehead atoms. The average Bonchev–Trinajstić information content (AvgIpc) is 2.42. The van der Waals surface area contributed by atoms with E-state index < -0.39 is 0 Å². The fraction of sp³-hybridized carbons (Fsp3) is 0.500. The minimum Gasteiger partial charge on any atom is -0.493 e. The zero-order chi connectivity index (χ0) is 12.6. The molecular weight excluding hydrogens is 258 g/mol. The molecular formula is C16H24ClNO. The number of piperidine rings is 1. The Labute approximate surface area is 122 Å².